The van der Waals surface area contributed by atoms with Gasteiger partial charge in [0.15, 0.2) is 5.78 Å². The highest BCUT2D eigenvalue weighted by Gasteiger charge is 2.15. The summed E-state index contributed by atoms with van der Waals surface area (Å²) in [5.41, 5.74) is 0.170. The Morgan fingerprint density at radius 1 is 0.944 bits per heavy atom. The van der Waals surface area contributed by atoms with E-state index in [2.05, 4.69) is 31.9 Å². The van der Waals surface area contributed by atoms with Crippen LogP contribution in [0.5, 0.6) is 0 Å². The van der Waals surface area contributed by atoms with Crippen LogP contribution < -0.4 is 0 Å². The normalized spacial score (nSPS) is 10.4. The summed E-state index contributed by atoms with van der Waals surface area (Å²) in [4.78, 5) is 12.1. The number of carbonyl (C=O) groups is 1. The highest BCUT2D eigenvalue weighted by atomic mass is 79.9. The van der Waals surface area contributed by atoms with Crippen LogP contribution >= 0.6 is 31.9 Å². The fourth-order valence-corrected chi connectivity index (χ4v) is 2.20. The van der Waals surface area contributed by atoms with Crippen molar-refractivity contribution in [1.29, 1.82) is 0 Å². The van der Waals surface area contributed by atoms with Gasteiger partial charge in [0.05, 0.1) is 10.0 Å². The molecule has 0 aliphatic carbocycles. The maximum atomic E-state index is 13.6. The van der Waals surface area contributed by atoms with E-state index < -0.39 is 17.4 Å². The molecule has 0 atom stereocenters. The summed E-state index contributed by atoms with van der Waals surface area (Å²) in [6.45, 7) is 0. The predicted octanol–water partition coefficient (Wildman–Crippen LogP) is 4.72. The van der Waals surface area contributed by atoms with Crippen molar-refractivity contribution in [3.8, 4) is 0 Å². The van der Waals surface area contributed by atoms with Gasteiger partial charge in [0.1, 0.15) is 11.6 Å². The zero-order chi connectivity index (χ0) is 13.3. The first kappa shape index (κ1) is 13.4. The molecule has 0 aromatic heterocycles. The average Bonchev–Trinajstić information content (AvgIpc) is 2.35. The van der Waals surface area contributed by atoms with E-state index in [1.807, 2.05) is 0 Å². The largest absolute Gasteiger partial charge is 0.288 e. The van der Waals surface area contributed by atoms with Gasteiger partial charge in [-0.25, -0.2) is 8.78 Å². The zero-order valence-corrected chi connectivity index (χ0v) is 12.1. The zero-order valence-electron chi connectivity index (χ0n) is 8.88. The van der Waals surface area contributed by atoms with E-state index in [1.54, 1.807) is 0 Å². The molecule has 1 nitrogen and oxygen atoms in total. The third-order valence-electron chi connectivity index (χ3n) is 2.35. The first-order chi connectivity index (χ1) is 8.49. The van der Waals surface area contributed by atoms with Gasteiger partial charge >= 0.3 is 0 Å². The summed E-state index contributed by atoms with van der Waals surface area (Å²) in [6.07, 6.45) is 0. The molecule has 0 unspecified atom stereocenters. The molecule has 0 radical (unpaired) electrons. The average molecular weight is 376 g/mol. The standard InChI is InChI=1S/C13H6Br2F2O/c14-8-2-4-11(16)9(6-8)13(18)7-1-3-12(17)10(15)5-7/h1-6H. The van der Waals surface area contributed by atoms with E-state index in [0.29, 0.717) is 4.47 Å². The number of halogens is 4. The van der Waals surface area contributed by atoms with Gasteiger partial charge in [0.2, 0.25) is 0 Å². The van der Waals surface area contributed by atoms with Gasteiger partial charge in [-0.2, -0.15) is 0 Å². The Morgan fingerprint density at radius 3 is 2.28 bits per heavy atom. The molecule has 2 aromatic carbocycles. The molecule has 5 heteroatoms. The van der Waals surface area contributed by atoms with Crippen molar-refractivity contribution in [2.45, 2.75) is 0 Å². The Labute approximate surface area is 119 Å². The number of hydrogen-bond donors (Lipinski definition) is 0. The number of benzene rings is 2. The lowest BCUT2D eigenvalue weighted by Gasteiger charge is -2.04. The smallest absolute Gasteiger partial charge is 0.196 e. The van der Waals surface area contributed by atoms with Gasteiger partial charge in [-0.3, -0.25) is 4.79 Å². The molecule has 0 saturated heterocycles. The molecule has 18 heavy (non-hydrogen) atoms. The van der Waals surface area contributed by atoms with E-state index in [-0.39, 0.29) is 15.6 Å². The van der Waals surface area contributed by atoms with Crippen LogP contribution in [0, 0.1) is 11.6 Å². The molecule has 92 valence electrons. The fourth-order valence-electron chi connectivity index (χ4n) is 1.46. The summed E-state index contributed by atoms with van der Waals surface area (Å²) in [6, 6.07) is 7.92. The van der Waals surface area contributed by atoms with Crippen LogP contribution in [0.2, 0.25) is 0 Å². The summed E-state index contributed by atoms with van der Waals surface area (Å²) in [5.74, 6) is -1.57. The van der Waals surface area contributed by atoms with Crippen LogP contribution in [0.4, 0.5) is 8.78 Å². The summed E-state index contributed by atoms with van der Waals surface area (Å²) < 4.78 is 27.4. The molecule has 2 rings (SSSR count). The quantitative estimate of drug-likeness (QED) is 0.694. The highest BCUT2D eigenvalue weighted by Crippen LogP contribution is 2.22. The van der Waals surface area contributed by atoms with E-state index in [4.69, 9.17) is 0 Å². The third-order valence-corrected chi connectivity index (χ3v) is 3.46. The van der Waals surface area contributed by atoms with Crippen molar-refractivity contribution in [1.82, 2.24) is 0 Å². The second-order valence-corrected chi connectivity index (χ2v) is 5.35. The van der Waals surface area contributed by atoms with E-state index in [1.165, 1.54) is 30.3 Å². The van der Waals surface area contributed by atoms with E-state index in [9.17, 15) is 13.6 Å². The molecule has 0 N–H and O–H groups in total. The lowest BCUT2D eigenvalue weighted by Crippen LogP contribution is -2.04. The Balaban J connectivity index is 2.47. The first-order valence-electron chi connectivity index (χ1n) is 4.94. The van der Waals surface area contributed by atoms with Crippen molar-refractivity contribution >= 4 is 37.6 Å². The SMILES string of the molecule is O=C(c1ccc(F)c(Br)c1)c1cc(Br)ccc1F. The lowest BCUT2D eigenvalue weighted by atomic mass is 10.0. The van der Waals surface area contributed by atoms with Crippen LogP contribution in [0.15, 0.2) is 45.3 Å². The minimum absolute atomic E-state index is 0.0529. The molecule has 0 aliphatic heterocycles. The highest BCUT2D eigenvalue weighted by molar-refractivity contribution is 9.10. The van der Waals surface area contributed by atoms with Gasteiger partial charge < -0.3 is 0 Å². The maximum absolute atomic E-state index is 13.6. The molecule has 0 spiro atoms. The van der Waals surface area contributed by atoms with Crippen molar-refractivity contribution < 1.29 is 13.6 Å². The Bertz CT molecular complexity index is 626. The minimum atomic E-state index is -0.608. The first-order valence-corrected chi connectivity index (χ1v) is 6.52. The van der Waals surface area contributed by atoms with Gasteiger partial charge in [-0.05, 0) is 52.3 Å². The Hall–Kier alpha value is -1.07. The Kier molecular flexibility index (Phi) is 3.92. The monoisotopic (exact) mass is 374 g/mol. The second kappa shape index (κ2) is 5.28. The van der Waals surface area contributed by atoms with Crippen LogP contribution in [0.3, 0.4) is 0 Å². The number of ketones is 1. The van der Waals surface area contributed by atoms with Crippen LogP contribution in [-0.2, 0) is 0 Å². The molecule has 0 aliphatic rings. The van der Waals surface area contributed by atoms with Gasteiger partial charge in [-0.15, -0.1) is 0 Å². The summed E-state index contributed by atoms with van der Waals surface area (Å²) in [5, 5.41) is 0. The van der Waals surface area contributed by atoms with Gasteiger partial charge in [-0.1, -0.05) is 15.9 Å². The fraction of sp³-hybridized carbons (Fsp3) is 0. The molecule has 0 fully saturated rings. The third kappa shape index (κ3) is 2.67. The van der Waals surface area contributed by atoms with Crippen LogP contribution in [0.25, 0.3) is 0 Å². The number of hydrogen-bond acceptors (Lipinski definition) is 1. The lowest BCUT2D eigenvalue weighted by molar-refractivity contribution is 0.103. The topological polar surface area (TPSA) is 17.1 Å². The summed E-state index contributed by atoms with van der Waals surface area (Å²) >= 11 is 6.16. The van der Waals surface area contributed by atoms with E-state index in [0.717, 1.165) is 6.07 Å². The van der Waals surface area contributed by atoms with Crippen molar-refractivity contribution in [2.75, 3.05) is 0 Å². The summed E-state index contributed by atoms with van der Waals surface area (Å²) in [7, 11) is 0. The number of rotatable bonds is 2. The predicted molar refractivity (Wildman–Crippen MR) is 71.6 cm³/mol. The molecular formula is C13H6Br2F2O. The number of carbonyl (C=O) groups excluding carboxylic acids is 1. The molecule has 0 bridgehead atoms. The maximum Gasteiger partial charge on any atom is 0.196 e. The van der Waals surface area contributed by atoms with Gasteiger partial charge in [0.25, 0.3) is 0 Å². The van der Waals surface area contributed by atoms with Crippen molar-refractivity contribution in [3.63, 3.8) is 0 Å². The Morgan fingerprint density at radius 2 is 1.61 bits per heavy atom. The second-order valence-electron chi connectivity index (χ2n) is 3.58. The van der Waals surface area contributed by atoms with Crippen molar-refractivity contribution in [2.24, 2.45) is 0 Å². The van der Waals surface area contributed by atoms with Gasteiger partial charge in [0, 0.05) is 10.0 Å². The van der Waals surface area contributed by atoms with E-state index >= 15 is 0 Å². The van der Waals surface area contributed by atoms with Crippen molar-refractivity contribution in [3.05, 3.63) is 68.1 Å². The van der Waals surface area contributed by atoms with Crippen LogP contribution in [0.1, 0.15) is 15.9 Å². The molecule has 0 heterocycles. The minimum Gasteiger partial charge on any atom is -0.288 e. The molecule has 0 amide bonds. The van der Waals surface area contributed by atoms with Crippen LogP contribution in [-0.4, -0.2) is 5.78 Å². The molecule has 2 aromatic rings. The molecule has 0 saturated carbocycles. The molecular weight excluding hydrogens is 370 g/mol.